The van der Waals surface area contributed by atoms with Crippen LogP contribution >= 0.6 is 12.2 Å². The first-order valence-electron chi connectivity index (χ1n) is 8.72. The Kier molecular flexibility index (Phi) is 5.70. The Balaban J connectivity index is 2.14. The molecule has 0 atom stereocenters. The van der Waals surface area contributed by atoms with E-state index in [2.05, 4.69) is 21.9 Å². The van der Waals surface area contributed by atoms with E-state index >= 15 is 0 Å². The van der Waals surface area contributed by atoms with Gasteiger partial charge >= 0.3 is 0 Å². The van der Waals surface area contributed by atoms with Crippen LogP contribution < -0.4 is 21.5 Å². The van der Waals surface area contributed by atoms with Gasteiger partial charge in [0.15, 0.2) is 4.77 Å². The number of H-pyrrole nitrogens is 1. The molecule has 0 bridgehead atoms. The van der Waals surface area contributed by atoms with Crippen LogP contribution in [0.25, 0.3) is 11.6 Å². The Labute approximate surface area is 166 Å². The summed E-state index contributed by atoms with van der Waals surface area (Å²) in [4.78, 5) is 30.8. The van der Waals surface area contributed by atoms with Crippen LogP contribution in [0.2, 0.25) is 0 Å². The van der Waals surface area contributed by atoms with Crippen molar-refractivity contribution < 1.29 is 9.90 Å². The van der Waals surface area contributed by atoms with Gasteiger partial charge in [0.25, 0.3) is 5.56 Å². The molecule has 7 nitrogen and oxygen atoms in total. The van der Waals surface area contributed by atoms with Gasteiger partial charge in [-0.3, -0.25) is 19.1 Å². The predicted octanol–water partition coefficient (Wildman–Crippen LogP) is 1.15. The van der Waals surface area contributed by atoms with Crippen molar-refractivity contribution in [2.75, 3.05) is 6.54 Å². The zero-order chi connectivity index (χ0) is 20.3. The number of hydrogen-bond acceptors (Lipinski definition) is 5. The highest BCUT2D eigenvalue weighted by molar-refractivity contribution is 7.71. The van der Waals surface area contributed by atoms with Crippen molar-refractivity contribution in [3.63, 3.8) is 0 Å². The van der Waals surface area contributed by atoms with Crippen molar-refractivity contribution in [1.82, 2.24) is 14.9 Å². The van der Waals surface area contributed by atoms with E-state index in [1.807, 2.05) is 24.3 Å². The highest BCUT2D eigenvalue weighted by Crippen LogP contribution is 2.23. The second kappa shape index (κ2) is 8.18. The van der Waals surface area contributed by atoms with Crippen LogP contribution in [-0.2, 0) is 11.3 Å². The third-order valence-electron chi connectivity index (χ3n) is 4.33. The Morgan fingerprint density at radius 2 is 2.18 bits per heavy atom. The highest BCUT2D eigenvalue weighted by atomic mass is 32.1. The van der Waals surface area contributed by atoms with Gasteiger partial charge in [-0.2, -0.15) is 0 Å². The molecule has 0 fully saturated rings. The molecule has 1 aliphatic rings. The molecule has 3 rings (SSSR count). The molecular weight excluding hydrogens is 376 g/mol. The number of rotatable bonds is 6. The maximum Gasteiger partial charge on any atom is 0.262 e. The molecule has 3 N–H and O–H groups in total. The molecule has 0 unspecified atom stereocenters. The van der Waals surface area contributed by atoms with Crippen molar-refractivity contribution in [2.24, 2.45) is 4.99 Å². The number of aromatic amines is 1. The minimum Gasteiger partial charge on any atom is -0.494 e. The Morgan fingerprint density at radius 3 is 2.89 bits per heavy atom. The molecule has 0 radical (unpaired) electrons. The normalized spacial score (nSPS) is 13.9. The van der Waals surface area contributed by atoms with E-state index in [4.69, 9.17) is 12.2 Å². The number of aromatic hydroxyl groups is 1. The van der Waals surface area contributed by atoms with E-state index in [-0.39, 0.29) is 28.7 Å². The van der Waals surface area contributed by atoms with Gasteiger partial charge in [-0.1, -0.05) is 24.3 Å². The van der Waals surface area contributed by atoms with Gasteiger partial charge in [-0.15, -0.1) is 6.58 Å². The summed E-state index contributed by atoms with van der Waals surface area (Å²) in [7, 11) is 0. The van der Waals surface area contributed by atoms with E-state index in [0.29, 0.717) is 18.7 Å². The summed E-state index contributed by atoms with van der Waals surface area (Å²) in [6.07, 6.45) is 3.66. The fraction of sp³-hybridized carbons (Fsp3) is 0.200. The molecule has 1 aliphatic heterocycles. The number of amides is 1. The monoisotopic (exact) mass is 396 g/mol. The molecule has 0 spiro atoms. The second-order valence-corrected chi connectivity index (χ2v) is 6.65. The lowest BCUT2D eigenvalue weighted by Gasteiger charge is -2.10. The number of carbonyl (C=O) groups excluding carboxylic acids is 1. The highest BCUT2D eigenvalue weighted by Gasteiger charge is 2.16. The van der Waals surface area contributed by atoms with Gasteiger partial charge in [0, 0.05) is 25.2 Å². The number of nitrogens with one attached hydrogen (secondary N) is 2. The predicted molar refractivity (Wildman–Crippen MR) is 110 cm³/mol. The first kappa shape index (κ1) is 19.5. The largest absolute Gasteiger partial charge is 0.494 e. The summed E-state index contributed by atoms with van der Waals surface area (Å²) in [6, 6.07) is 7.61. The van der Waals surface area contributed by atoms with Crippen molar-refractivity contribution >= 4 is 29.8 Å². The van der Waals surface area contributed by atoms with Crippen LogP contribution in [-0.4, -0.2) is 27.1 Å². The van der Waals surface area contributed by atoms with E-state index in [9.17, 15) is 14.7 Å². The summed E-state index contributed by atoms with van der Waals surface area (Å²) in [5.41, 5.74) is 1.03. The molecule has 2 heterocycles. The van der Waals surface area contributed by atoms with Crippen LogP contribution in [0.4, 0.5) is 0 Å². The van der Waals surface area contributed by atoms with Gasteiger partial charge in [-0.05, 0) is 36.4 Å². The zero-order valence-corrected chi connectivity index (χ0v) is 16.2. The number of nitrogens with zero attached hydrogens (tertiary/aromatic N) is 2. The molecule has 144 valence electrons. The fourth-order valence-corrected chi connectivity index (χ4v) is 3.30. The van der Waals surface area contributed by atoms with Crippen LogP contribution in [0.15, 0.2) is 52.4 Å². The van der Waals surface area contributed by atoms with Crippen molar-refractivity contribution in [2.45, 2.75) is 19.9 Å². The molecule has 8 heteroatoms. The maximum atomic E-state index is 12.4. The molecule has 1 amide bonds. The van der Waals surface area contributed by atoms with E-state index in [1.54, 1.807) is 12.2 Å². The van der Waals surface area contributed by atoms with Crippen molar-refractivity contribution in [3.05, 3.63) is 73.9 Å². The van der Waals surface area contributed by atoms with Crippen molar-refractivity contribution in [1.29, 1.82) is 0 Å². The first-order chi connectivity index (χ1) is 13.4. The molecule has 1 aromatic carbocycles. The summed E-state index contributed by atoms with van der Waals surface area (Å²) in [5.74, 6) is -0.358. The molecule has 2 aromatic rings. The average Bonchev–Trinajstić information content (AvgIpc) is 2.99. The molecule has 28 heavy (non-hydrogen) atoms. The SMILES string of the molecule is C=CCn1c(O)c(C=C2N=c3ccccc3=C2CCNC(C)=O)c(=O)[nH]c1=S. The summed E-state index contributed by atoms with van der Waals surface area (Å²) < 4.78 is 1.50. The Bertz CT molecular complexity index is 1220. The molecule has 0 aliphatic carbocycles. The Morgan fingerprint density at radius 1 is 1.43 bits per heavy atom. The second-order valence-electron chi connectivity index (χ2n) is 6.27. The third-order valence-corrected chi connectivity index (χ3v) is 4.65. The van der Waals surface area contributed by atoms with E-state index in [0.717, 1.165) is 16.1 Å². The fourth-order valence-electron chi connectivity index (χ4n) is 3.05. The quantitative estimate of drug-likeness (QED) is 0.504. The Hall–Kier alpha value is -3.26. The van der Waals surface area contributed by atoms with E-state index < -0.39 is 5.56 Å². The maximum absolute atomic E-state index is 12.4. The van der Waals surface area contributed by atoms with Gasteiger partial charge in [0.05, 0.1) is 11.1 Å². The molecule has 0 saturated carbocycles. The van der Waals surface area contributed by atoms with Gasteiger partial charge in [0.2, 0.25) is 11.8 Å². The zero-order valence-electron chi connectivity index (χ0n) is 15.4. The van der Waals surface area contributed by atoms with Crippen LogP contribution in [0.1, 0.15) is 18.9 Å². The van der Waals surface area contributed by atoms with Gasteiger partial charge in [0.1, 0.15) is 5.56 Å². The molecule has 1 aromatic heterocycles. The van der Waals surface area contributed by atoms with Crippen LogP contribution in [0, 0.1) is 4.77 Å². The number of aromatic nitrogens is 2. The number of benzene rings is 1. The summed E-state index contributed by atoms with van der Waals surface area (Å²) in [5, 5.41) is 15.1. The summed E-state index contributed by atoms with van der Waals surface area (Å²) >= 11 is 5.11. The smallest absolute Gasteiger partial charge is 0.262 e. The third kappa shape index (κ3) is 3.86. The number of carbonyl (C=O) groups is 1. The van der Waals surface area contributed by atoms with Crippen molar-refractivity contribution in [3.8, 4) is 5.88 Å². The lowest BCUT2D eigenvalue weighted by molar-refractivity contribution is -0.118. The number of fused-ring (bicyclic) bond motifs is 1. The molecule has 0 saturated heterocycles. The molecular formula is C20H20N4O3S. The first-order valence-corrected chi connectivity index (χ1v) is 9.13. The number of para-hydroxylation sites is 1. The van der Waals surface area contributed by atoms with E-state index in [1.165, 1.54) is 11.5 Å². The van der Waals surface area contributed by atoms with Gasteiger partial charge < -0.3 is 10.4 Å². The lowest BCUT2D eigenvalue weighted by atomic mass is 10.1. The van der Waals surface area contributed by atoms with Crippen LogP contribution in [0.3, 0.4) is 0 Å². The topological polar surface area (TPSA) is 99.5 Å². The van der Waals surface area contributed by atoms with Gasteiger partial charge in [-0.25, -0.2) is 4.99 Å². The lowest BCUT2D eigenvalue weighted by Crippen LogP contribution is -2.25. The standard InChI is InChI=1S/C20H20N4O3S/c1-3-10-24-19(27)15(18(26)23-20(24)28)11-17-14(8-9-21-12(2)25)13-6-4-5-7-16(13)22-17/h3-7,11,27H,1,8-10H2,2H3,(H,21,25)(H,23,26,28). The number of allylic oxidation sites excluding steroid dienone is 2. The minimum absolute atomic E-state index is 0.0685. The van der Waals surface area contributed by atoms with Crippen LogP contribution in [0.5, 0.6) is 5.88 Å². The average molecular weight is 396 g/mol. The minimum atomic E-state index is -0.498. The summed E-state index contributed by atoms with van der Waals surface area (Å²) in [6.45, 7) is 5.80. The number of hydrogen-bond donors (Lipinski definition) is 3.